The molecule has 0 radical (unpaired) electrons. The van der Waals surface area contributed by atoms with Crippen molar-refractivity contribution in [1.82, 2.24) is 9.78 Å². The first-order valence-corrected chi connectivity index (χ1v) is 3.40. The van der Waals surface area contributed by atoms with Crippen molar-refractivity contribution in [2.45, 2.75) is 0 Å². The van der Waals surface area contributed by atoms with Crippen molar-refractivity contribution in [1.29, 1.82) is 0 Å². The van der Waals surface area contributed by atoms with Gasteiger partial charge in [0.2, 0.25) is 0 Å². The number of halogens is 1. The van der Waals surface area contributed by atoms with Crippen molar-refractivity contribution in [2.24, 2.45) is 7.05 Å². The number of nitrogens with one attached hydrogen (secondary N) is 1. The van der Waals surface area contributed by atoms with Crippen molar-refractivity contribution in [3.63, 3.8) is 0 Å². The zero-order valence-electron chi connectivity index (χ0n) is 5.35. The first-order valence-electron chi connectivity index (χ1n) is 2.61. The number of anilines is 1. The summed E-state index contributed by atoms with van der Waals surface area (Å²) in [5.74, 6) is 1.00. The minimum Gasteiger partial charge on any atom is -0.373 e. The van der Waals surface area contributed by atoms with E-state index in [1.807, 2.05) is 20.2 Å². The highest BCUT2D eigenvalue weighted by atomic mass is 79.9. The summed E-state index contributed by atoms with van der Waals surface area (Å²) in [7, 11) is 3.75. The molecule has 1 rings (SSSR count). The van der Waals surface area contributed by atoms with Gasteiger partial charge in [0.1, 0.15) is 10.4 Å². The van der Waals surface area contributed by atoms with Gasteiger partial charge in [-0.1, -0.05) is 0 Å². The predicted molar refractivity (Wildman–Crippen MR) is 40.5 cm³/mol. The van der Waals surface area contributed by atoms with E-state index in [-0.39, 0.29) is 0 Å². The summed E-state index contributed by atoms with van der Waals surface area (Å²) in [6.45, 7) is 0. The summed E-state index contributed by atoms with van der Waals surface area (Å²) in [6.07, 6.45) is 0. The van der Waals surface area contributed by atoms with E-state index in [9.17, 15) is 0 Å². The Balaban J connectivity index is 3.01. The van der Waals surface area contributed by atoms with Gasteiger partial charge in [-0.2, -0.15) is 5.10 Å². The standard InChI is InChI=1S/C5H8BrN3/c1-7-5-3-4(6)8-9(5)2/h3,7H,1-2H3. The van der Waals surface area contributed by atoms with Crippen LogP contribution < -0.4 is 5.32 Å². The molecule has 4 heteroatoms. The molecule has 0 amide bonds. The Morgan fingerprint density at radius 2 is 2.44 bits per heavy atom. The van der Waals surface area contributed by atoms with Crippen LogP contribution in [0.15, 0.2) is 10.7 Å². The van der Waals surface area contributed by atoms with Gasteiger partial charge in [0.25, 0.3) is 0 Å². The summed E-state index contributed by atoms with van der Waals surface area (Å²) in [5.41, 5.74) is 0. The summed E-state index contributed by atoms with van der Waals surface area (Å²) >= 11 is 3.25. The highest BCUT2D eigenvalue weighted by molar-refractivity contribution is 9.10. The third-order valence-corrected chi connectivity index (χ3v) is 1.49. The van der Waals surface area contributed by atoms with E-state index in [0.29, 0.717) is 0 Å². The largest absolute Gasteiger partial charge is 0.373 e. The van der Waals surface area contributed by atoms with Gasteiger partial charge < -0.3 is 5.32 Å². The van der Waals surface area contributed by atoms with Gasteiger partial charge in [-0.05, 0) is 15.9 Å². The molecule has 0 spiro atoms. The van der Waals surface area contributed by atoms with Crippen LogP contribution >= 0.6 is 15.9 Å². The van der Waals surface area contributed by atoms with Crippen LogP contribution in [0.5, 0.6) is 0 Å². The quantitative estimate of drug-likeness (QED) is 0.721. The van der Waals surface area contributed by atoms with Gasteiger partial charge in [-0.25, -0.2) is 0 Å². The summed E-state index contributed by atoms with van der Waals surface area (Å²) in [5, 5.41) is 7.04. The second-order valence-electron chi connectivity index (χ2n) is 1.73. The van der Waals surface area contributed by atoms with Crippen molar-refractivity contribution < 1.29 is 0 Å². The van der Waals surface area contributed by atoms with Crippen LogP contribution in [0.3, 0.4) is 0 Å². The molecular formula is C5H8BrN3. The van der Waals surface area contributed by atoms with Gasteiger partial charge in [0.15, 0.2) is 0 Å². The molecule has 0 aliphatic carbocycles. The molecule has 1 heterocycles. The lowest BCUT2D eigenvalue weighted by Crippen LogP contribution is -1.97. The SMILES string of the molecule is CNc1cc(Br)nn1C. The number of rotatable bonds is 1. The van der Waals surface area contributed by atoms with E-state index < -0.39 is 0 Å². The highest BCUT2D eigenvalue weighted by Crippen LogP contribution is 2.12. The smallest absolute Gasteiger partial charge is 0.130 e. The van der Waals surface area contributed by atoms with Gasteiger partial charge in [-0.15, -0.1) is 0 Å². The monoisotopic (exact) mass is 189 g/mol. The molecule has 50 valence electrons. The van der Waals surface area contributed by atoms with Gasteiger partial charge in [0.05, 0.1) is 0 Å². The topological polar surface area (TPSA) is 29.9 Å². The molecule has 0 saturated heterocycles. The normalized spacial score (nSPS) is 9.67. The molecule has 0 bridgehead atoms. The second kappa shape index (κ2) is 2.39. The fraction of sp³-hybridized carbons (Fsp3) is 0.400. The van der Waals surface area contributed by atoms with Gasteiger partial charge in [0, 0.05) is 20.2 Å². The molecule has 1 N–H and O–H groups in total. The average molecular weight is 190 g/mol. The molecular weight excluding hydrogens is 182 g/mol. The maximum absolute atomic E-state index is 4.05. The van der Waals surface area contributed by atoms with Gasteiger partial charge >= 0.3 is 0 Å². The van der Waals surface area contributed by atoms with Crippen molar-refractivity contribution in [3.05, 3.63) is 10.7 Å². The molecule has 0 atom stereocenters. The number of aromatic nitrogens is 2. The molecule has 3 nitrogen and oxygen atoms in total. The first kappa shape index (κ1) is 6.61. The Bertz CT molecular complexity index is 206. The molecule has 0 unspecified atom stereocenters. The molecule has 0 aromatic carbocycles. The second-order valence-corrected chi connectivity index (χ2v) is 2.54. The maximum Gasteiger partial charge on any atom is 0.130 e. The first-order chi connectivity index (χ1) is 4.24. The molecule has 1 aromatic heterocycles. The van der Waals surface area contributed by atoms with E-state index >= 15 is 0 Å². The minimum atomic E-state index is 0.856. The summed E-state index contributed by atoms with van der Waals surface area (Å²) in [6, 6.07) is 1.92. The molecule has 0 fully saturated rings. The van der Waals surface area contributed by atoms with E-state index in [2.05, 4.69) is 26.3 Å². The van der Waals surface area contributed by atoms with E-state index in [1.165, 1.54) is 0 Å². The predicted octanol–water partition coefficient (Wildman–Crippen LogP) is 1.22. The Hall–Kier alpha value is -0.510. The van der Waals surface area contributed by atoms with Gasteiger partial charge in [-0.3, -0.25) is 4.68 Å². The van der Waals surface area contributed by atoms with E-state index in [1.54, 1.807) is 4.68 Å². The minimum absolute atomic E-state index is 0.856. The maximum atomic E-state index is 4.05. The van der Waals surface area contributed by atoms with Crippen LogP contribution in [0.2, 0.25) is 0 Å². The zero-order valence-corrected chi connectivity index (χ0v) is 6.94. The Morgan fingerprint density at radius 1 is 1.78 bits per heavy atom. The Kier molecular flexibility index (Phi) is 1.75. The fourth-order valence-corrected chi connectivity index (χ4v) is 1.12. The lowest BCUT2D eigenvalue weighted by molar-refractivity contribution is 0.767. The average Bonchev–Trinajstić information content (AvgIpc) is 2.10. The van der Waals surface area contributed by atoms with Crippen LogP contribution in [-0.4, -0.2) is 16.8 Å². The zero-order chi connectivity index (χ0) is 6.85. The van der Waals surface area contributed by atoms with Crippen LogP contribution in [-0.2, 0) is 7.05 Å². The number of hydrogen-bond acceptors (Lipinski definition) is 2. The van der Waals surface area contributed by atoms with Crippen molar-refractivity contribution in [3.8, 4) is 0 Å². The van der Waals surface area contributed by atoms with Crippen LogP contribution in [0.4, 0.5) is 5.82 Å². The van der Waals surface area contributed by atoms with Crippen LogP contribution in [0.25, 0.3) is 0 Å². The summed E-state index contributed by atoms with van der Waals surface area (Å²) < 4.78 is 2.62. The lowest BCUT2D eigenvalue weighted by atomic mass is 10.6. The Morgan fingerprint density at radius 3 is 2.67 bits per heavy atom. The van der Waals surface area contributed by atoms with Crippen molar-refractivity contribution >= 4 is 21.7 Å². The molecule has 9 heavy (non-hydrogen) atoms. The number of nitrogens with zero attached hydrogens (tertiary/aromatic N) is 2. The molecule has 0 saturated carbocycles. The Labute approximate surface area is 62.2 Å². The van der Waals surface area contributed by atoms with E-state index in [4.69, 9.17) is 0 Å². The highest BCUT2D eigenvalue weighted by Gasteiger charge is 1.97. The number of aryl methyl sites for hydroxylation is 1. The number of hydrogen-bond donors (Lipinski definition) is 1. The fourth-order valence-electron chi connectivity index (χ4n) is 0.666. The third kappa shape index (κ3) is 1.24. The van der Waals surface area contributed by atoms with Crippen LogP contribution in [0.1, 0.15) is 0 Å². The molecule has 0 aliphatic rings. The molecule has 1 aromatic rings. The van der Waals surface area contributed by atoms with Crippen LogP contribution in [0, 0.1) is 0 Å². The summed E-state index contributed by atoms with van der Waals surface area (Å²) in [4.78, 5) is 0. The van der Waals surface area contributed by atoms with E-state index in [0.717, 1.165) is 10.4 Å². The molecule has 0 aliphatic heterocycles. The lowest BCUT2D eigenvalue weighted by Gasteiger charge is -1.95. The van der Waals surface area contributed by atoms with Crippen molar-refractivity contribution in [2.75, 3.05) is 12.4 Å². The third-order valence-electron chi connectivity index (χ3n) is 1.11.